The fourth-order valence-electron chi connectivity index (χ4n) is 1.41. The maximum atomic E-state index is 11.8. The Kier molecular flexibility index (Phi) is 5.43. The minimum absolute atomic E-state index is 0.126. The number of ether oxygens (including phenoxy) is 1. The number of aromatic amines is 1. The highest BCUT2D eigenvalue weighted by Gasteiger charge is 2.15. The van der Waals surface area contributed by atoms with Crippen LogP contribution in [-0.2, 0) is 9.53 Å². The van der Waals surface area contributed by atoms with E-state index in [1.54, 1.807) is 6.92 Å². The zero-order valence-electron chi connectivity index (χ0n) is 10.2. The quantitative estimate of drug-likeness (QED) is 0.660. The molecule has 8 heteroatoms. The summed E-state index contributed by atoms with van der Waals surface area (Å²) in [5.74, 6) is -1.70. The average Bonchev–Trinajstić information content (AvgIpc) is 2.65. The van der Waals surface area contributed by atoms with Crippen molar-refractivity contribution in [3.05, 3.63) is 17.5 Å². The summed E-state index contributed by atoms with van der Waals surface area (Å²) in [4.78, 5) is 24.9. The number of hydrogen-bond acceptors (Lipinski definition) is 3. The van der Waals surface area contributed by atoms with Gasteiger partial charge in [-0.25, -0.2) is 13.6 Å². The van der Waals surface area contributed by atoms with Crippen LogP contribution in [0.2, 0.25) is 0 Å². The molecule has 1 amide bonds. The first-order chi connectivity index (χ1) is 8.90. The third-order valence-corrected chi connectivity index (χ3v) is 2.16. The molecule has 0 aliphatic heterocycles. The third-order valence-electron chi connectivity index (χ3n) is 2.16. The van der Waals surface area contributed by atoms with Crippen molar-refractivity contribution in [1.82, 2.24) is 4.98 Å². The number of carbonyl (C=O) groups is 2. The number of aromatic carboxylic acids is 1. The predicted octanol–water partition coefficient (Wildman–Crippen LogP) is 1.63. The van der Waals surface area contributed by atoms with E-state index in [4.69, 9.17) is 5.11 Å². The van der Waals surface area contributed by atoms with Crippen molar-refractivity contribution in [3.63, 3.8) is 0 Å². The van der Waals surface area contributed by atoms with Crippen LogP contribution in [0.3, 0.4) is 0 Å². The Hall–Kier alpha value is -1.96. The molecular formula is C11H14F2N2O4. The largest absolute Gasteiger partial charge is 0.477 e. The summed E-state index contributed by atoms with van der Waals surface area (Å²) >= 11 is 0. The number of hydrogen-bond donors (Lipinski definition) is 3. The summed E-state index contributed by atoms with van der Waals surface area (Å²) in [6, 6.07) is 1.47. The lowest BCUT2D eigenvalue weighted by Crippen LogP contribution is -2.17. The molecule has 0 aromatic carbocycles. The fourth-order valence-corrected chi connectivity index (χ4v) is 1.41. The van der Waals surface area contributed by atoms with Gasteiger partial charge in [-0.2, -0.15) is 0 Å². The Morgan fingerprint density at radius 2 is 2.21 bits per heavy atom. The number of anilines is 1. The van der Waals surface area contributed by atoms with Crippen molar-refractivity contribution in [2.45, 2.75) is 19.8 Å². The van der Waals surface area contributed by atoms with E-state index in [0.717, 1.165) is 0 Å². The van der Waals surface area contributed by atoms with E-state index < -0.39 is 24.9 Å². The topological polar surface area (TPSA) is 91.4 Å². The lowest BCUT2D eigenvalue weighted by atomic mass is 10.3. The third kappa shape index (κ3) is 5.04. The molecule has 0 fully saturated rings. The maximum absolute atomic E-state index is 11.8. The molecule has 1 aromatic heterocycles. The highest BCUT2D eigenvalue weighted by atomic mass is 19.3. The Labute approximate surface area is 107 Å². The number of H-pyrrole nitrogens is 1. The fraction of sp³-hybridized carbons (Fsp3) is 0.455. The van der Waals surface area contributed by atoms with Gasteiger partial charge in [-0.05, 0) is 13.0 Å². The van der Waals surface area contributed by atoms with Crippen molar-refractivity contribution < 1.29 is 28.2 Å². The van der Waals surface area contributed by atoms with E-state index in [-0.39, 0.29) is 24.4 Å². The summed E-state index contributed by atoms with van der Waals surface area (Å²) < 4.78 is 28.1. The molecular weight excluding hydrogens is 262 g/mol. The molecule has 3 N–H and O–H groups in total. The molecule has 1 heterocycles. The second kappa shape index (κ2) is 6.83. The Bertz CT molecular complexity index is 460. The number of aryl methyl sites for hydroxylation is 1. The molecule has 0 saturated heterocycles. The Balaban J connectivity index is 2.46. The van der Waals surface area contributed by atoms with Crippen LogP contribution in [0.1, 0.15) is 22.6 Å². The lowest BCUT2D eigenvalue weighted by molar-refractivity contribution is -0.117. The molecule has 0 radical (unpaired) electrons. The van der Waals surface area contributed by atoms with Gasteiger partial charge in [0, 0.05) is 5.69 Å². The van der Waals surface area contributed by atoms with Gasteiger partial charge < -0.3 is 20.1 Å². The zero-order chi connectivity index (χ0) is 14.4. The summed E-state index contributed by atoms with van der Waals surface area (Å²) in [6.45, 7) is 0.771. The van der Waals surface area contributed by atoms with Gasteiger partial charge in [0.05, 0.1) is 18.7 Å². The second-order valence-corrected chi connectivity index (χ2v) is 3.81. The molecule has 1 aromatic rings. The second-order valence-electron chi connectivity index (χ2n) is 3.81. The van der Waals surface area contributed by atoms with Gasteiger partial charge in [0.2, 0.25) is 5.91 Å². The van der Waals surface area contributed by atoms with Gasteiger partial charge in [0.15, 0.2) is 0 Å². The van der Waals surface area contributed by atoms with Crippen LogP contribution in [0.4, 0.5) is 14.5 Å². The minimum atomic E-state index is -2.58. The highest BCUT2D eigenvalue weighted by molar-refractivity contribution is 5.99. The number of carboxylic acids is 1. The van der Waals surface area contributed by atoms with Crippen LogP contribution in [0, 0.1) is 6.92 Å². The van der Waals surface area contributed by atoms with Crippen LogP contribution in [0.5, 0.6) is 0 Å². The van der Waals surface area contributed by atoms with E-state index in [0.29, 0.717) is 5.69 Å². The Morgan fingerprint density at radius 3 is 2.79 bits per heavy atom. The van der Waals surface area contributed by atoms with Gasteiger partial charge in [-0.15, -0.1) is 0 Å². The number of amides is 1. The molecule has 0 bridgehead atoms. The first-order valence-corrected chi connectivity index (χ1v) is 5.48. The summed E-state index contributed by atoms with van der Waals surface area (Å²) in [7, 11) is 0. The van der Waals surface area contributed by atoms with E-state index in [1.165, 1.54) is 6.07 Å². The normalized spacial score (nSPS) is 10.7. The monoisotopic (exact) mass is 276 g/mol. The summed E-state index contributed by atoms with van der Waals surface area (Å²) in [6.07, 6.45) is -2.70. The minimum Gasteiger partial charge on any atom is -0.477 e. The van der Waals surface area contributed by atoms with Gasteiger partial charge >= 0.3 is 5.97 Å². The number of rotatable bonds is 7. The predicted molar refractivity (Wildman–Crippen MR) is 62.6 cm³/mol. The number of carbonyl (C=O) groups excluding carboxylic acids is 1. The van der Waals surface area contributed by atoms with Crippen LogP contribution < -0.4 is 5.32 Å². The van der Waals surface area contributed by atoms with Gasteiger partial charge in [-0.3, -0.25) is 4.79 Å². The summed E-state index contributed by atoms with van der Waals surface area (Å²) in [5, 5.41) is 11.3. The van der Waals surface area contributed by atoms with E-state index in [2.05, 4.69) is 15.0 Å². The van der Waals surface area contributed by atoms with E-state index in [1.807, 2.05) is 0 Å². The van der Waals surface area contributed by atoms with Crippen LogP contribution in [0.15, 0.2) is 6.07 Å². The molecule has 0 aliphatic carbocycles. The number of halogens is 2. The van der Waals surface area contributed by atoms with Crippen molar-refractivity contribution in [2.75, 3.05) is 18.5 Å². The smallest absolute Gasteiger partial charge is 0.354 e. The number of carboxylic acid groups (broad SMARTS) is 1. The summed E-state index contributed by atoms with van der Waals surface area (Å²) in [5.41, 5.74) is 0.602. The standard InChI is InChI=1S/C11H14F2N2O4/c1-6-4-7(10(14-6)11(17)18)15-9(16)2-3-19-5-8(12)13/h4,8,14H,2-3,5H2,1H3,(H,15,16)(H,17,18). The lowest BCUT2D eigenvalue weighted by Gasteiger charge is -2.05. The van der Waals surface area contributed by atoms with Crippen molar-refractivity contribution in [2.24, 2.45) is 0 Å². The molecule has 0 aliphatic rings. The highest BCUT2D eigenvalue weighted by Crippen LogP contribution is 2.16. The molecule has 0 spiro atoms. The van der Waals surface area contributed by atoms with E-state index >= 15 is 0 Å². The molecule has 0 saturated carbocycles. The van der Waals surface area contributed by atoms with E-state index in [9.17, 15) is 18.4 Å². The van der Waals surface area contributed by atoms with Crippen LogP contribution in [-0.4, -0.2) is 41.6 Å². The van der Waals surface area contributed by atoms with Gasteiger partial charge in [0.25, 0.3) is 6.43 Å². The van der Waals surface area contributed by atoms with Gasteiger partial charge in [0.1, 0.15) is 12.3 Å². The van der Waals surface area contributed by atoms with Crippen molar-refractivity contribution >= 4 is 17.6 Å². The van der Waals surface area contributed by atoms with Gasteiger partial charge in [-0.1, -0.05) is 0 Å². The number of nitrogens with one attached hydrogen (secondary N) is 2. The average molecular weight is 276 g/mol. The molecule has 6 nitrogen and oxygen atoms in total. The molecule has 19 heavy (non-hydrogen) atoms. The number of aromatic nitrogens is 1. The first-order valence-electron chi connectivity index (χ1n) is 5.48. The molecule has 106 valence electrons. The Morgan fingerprint density at radius 1 is 1.53 bits per heavy atom. The van der Waals surface area contributed by atoms with Crippen molar-refractivity contribution in [3.8, 4) is 0 Å². The first kappa shape index (κ1) is 15.1. The zero-order valence-corrected chi connectivity index (χ0v) is 10.2. The molecule has 0 atom stereocenters. The van der Waals surface area contributed by atoms with Crippen LogP contribution in [0.25, 0.3) is 0 Å². The SMILES string of the molecule is Cc1cc(NC(=O)CCOCC(F)F)c(C(=O)O)[nH]1. The molecule has 1 rings (SSSR count). The number of alkyl halides is 2. The molecule has 0 unspecified atom stereocenters. The maximum Gasteiger partial charge on any atom is 0.354 e. The van der Waals surface area contributed by atoms with Crippen molar-refractivity contribution in [1.29, 1.82) is 0 Å². The van der Waals surface area contributed by atoms with Crippen LogP contribution >= 0.6 is 0 Å².